The summed E-state index contributed by atoms with van der Waals surface area (Å²) in [5, 5.41) is 8.41. The summed E-state index contributed by atoms with van der Waals surface area (Å²) in [7, 11) is 5.35. The normalized spacial score (nSPS) is 10.3. The fourth-order valence-electron chi connectivity index (χ4n) is 2.55. The van der Waals surface area contributed by atoms with E-state index in [2.05, 4.69) is 31.9 Å². The van der Waals surface area contributed by atoms with Crippen LogP contribution < -0.4 is 20.9 Å². The van der Waals surface area contributed by atoms with Gasteiger partial charge in [0, 0.05) is 50.2 Å². The molecule has 2 aromatic carbocycles. The molecule has 0 spiro atoms. The Morgan fingerprint density at radius 3 is 2.54 bits per heavy atom. The Morgan fingerprint density at radius 2 is 1.86 bits per heavy atom. The number of para-hydroxylation sites is 1. The number of ether oxygens (including phenoxy) is 1. The molecule has 0 aromatic heterocycles. The van der Waals surface area contributed by atoms with Crippen molar-refractivity contribution in [2.24, 2.45) is 0 Å². The van der Waals surface area contributed by atoms with E-state index in [-0.39, 0.29) is 5.91 Å². The first kappa shape index (κ1) is 21.7. The third-order valence-corrected chi connectivity index (χ3v) is 4.61. The van der Waals surface area contributed by atoms with E-state index in [4.69, 9.17) is 4.74 Å². The van der Waals surface area contributed by atoms with Gasteiger partial charge in [-0.2, -0.15) is 0 Å². The number of urea groups is 1. The molecule has 7 nitrogen and oxygen atoms in total. The number of rotatable bonds is 8. The smallest absolute Gasteiger partial charge is 0.323 e. The predicted molar refractivity (Wildman–Crippen MR) is 116 cm³/mol. The monoisotopic (exact) mass is 448 g/mol. The number of nitrogens with one attached hydrogen (secondary N) is 3. The van der Waals surface area contributed by atoms with E-state index in [0.29, 0.717) is 30.1 Å². The lowest BCUT2D eigenvalue weighted by molar-refractivity contribution is 0.0949. The highest BCUT2D eigenvalue weighted by atomic mass is 79.9. The van der Waals surface area contributed by atoms with Crippen molar-refractivity contribution in [2.75, 3.05) is 49.9 Å². The molecule has 0 aliphatic heterocycles. The van der Waals surface area contributed by atoms with Gasteiger partial charge < -0.3 is 25.6 Å². The van der Waals surface area contributed by atoms with Gasteiger partial charge in [0.2, 0.25) is 0 Å². The second-order valence-corrected chi connectivity index (χ2v) is 7.14. The predicted octanol–water partition coefficient (Wildman–Crippen LogP) is 3.93. The van der Waals surface area contributed by atoms with Crippen LogP contribution in [0, 0.1) is 0 Å². The molecular formula is C20H25BrN4O3. The topological polar surface area (TPSA) is 82.7 Å². The van der Waals surface area contributed by atoms with Gasteiger partial charge in [-0.15, -0.1) is 0 Å². The lowest BCUT2D eigenvalue weighted by Crippen LogP contribution is -2.27. The summed E-state index contributed by atoms with van der Waals surface area (Å²) in [4.78, 5) is 26.8. The van der Waals surface area contributed by atoms with Crippen LogP contribution >= 0.6 is 15.9 Å². The Labute approximate surface area is 173 Å². The molecule has 0 saturated carbocycles. The van der Waals surface area contributed by atoms with E-state index in [1.807, 2.05) is 37.2 Å². The molecule has 3 N–H and O–H groups in total. The highest BCUT2D eigenvalue weighted by Gasteiger charge is 2.15. The number of anilines is 3. The minimum Gasteiger partial charge on any atom is -0.385 e. The van der Waals surface area contributed by atoms with Crippen molar-refractivity contribution in [1.82, 2.24) is 5.32 Å². The first-order valence-electron chi connectivity index (χ1n) is 8.83. The number of hydrogen-bond donors (Lipinski definition) is 3. The van der Waals surface area contributed by atoms with Crippen LogP contribution in [0.3, 0.4) is 0 Å². The fourth-order valence-corrected chi connectivity index (χ4v) is 2.93. The quantitative estimate of drug-likeness (QED) is 0.534. The first-order valence-corrected chi connectivity index (χ1v) is 9.62. The maximum absolute atomic E-state index is 12.6. The van der Waals surface area contributed by atoms with Gasteiger partial charge >= 0.3 is 6.03 Å². The van der Waals surface area contributed by atoms with Gasteiger partial charge in [0.05, 0.1) is 11.3 Å². The lowest BCUT2D eigenvalue weighted by Gasteiger charge is -2.18. The molecular weight excluding hydrogens is 424 g/mol. The third kappa shape index (κ3) is 6.24. The number of halogens is 1. The molecule has 0 atom stereocenters. The number of methoxy groups -OCH3 is 1. The van der Waals surface area contributed by atoms with E-state index < -0.39 is 6.03 Å². The van der Waals surface area contributed by atoms with Gasteiger partial charge in [0.1, 0.15) is 0 Å². The maximum atomic E-state index is 12.6. The molecule has 150 valence electrons. The maximum Gasteiger partial charge on any atom is 0.323 e. The van der Waals surface area contributed by atoms with E-state index in [0.717, 1.165) is 16.6 Å². The summed E-state index contributed by atoms with van der Waals surface area (Å²) in [5.41, 5.74) is 2.43. The summed E-state index contributed by atoms with van der Waals surface area (Å²) in [5.74, 6) is -0.199. The minimum absolute atomic E-state index is 0.199. The molecule has 8 heteroatoms. The summed E-state index contributed by atoms with van der Waals surface area (Å²) >= 11 is 3.39. The van der Waals surface area contributed by atoms with Gasteiger partial charge in [0.25, 0.3) is 5.91 Å². The van der Waals surface area contributed by atoms with Gasteiger partial charge in [-0.3, -0.25) is 4.79 Å². The van der Waals surface area contributed by atoms with E-state index in [9.17, 15) is 9.59 Å². The zero-order valence-corrected chi connectivity index (χ0v) is 17.8. The molecule has 0 radical (unpaired) electrons. The number of benzene rings is 2. The molecule has 3 amide bonds. The second-order valence-electron chi connectivity index (χ2n) is 6.29. The van der Waals surface area contributed by atoms with E-state index in [1.54, 1.807) is 31.4 Å². The molecule has 0 aliphatic rings. The van der Waals surface area contributed by atoms with Crippen LogP contribution in [-0.4, -0.2) is 46.3 Å². The average Bonchev–Trinajstić information content (AvgIpc) is 2.66. The summed E-state index contributed by atoms with van der Waals surface area (Å²) < 4.78 is 5.78. The highest BCUT2D eigenvalue weighted by molar-refractivity contribution is 9.10. The number of nitrogens with zero attached hydrogens (tertiary/aromatic N) is 1. The SMILES string of the molecule is COCCCNC(=O)c1cc(NC(=O)Nc2ccccc2Br)ccc1N(C)C. The Balaban J connectivity index is 2.11. The molecule has 0 unspecified atom stereocenters. The Morgan fingerprint density at radius 1 is 1.11 bits per heavy atom. The summed E-state index contributed by atoms with van der Waals surface area (Å²) in [6.07, 6.45) is 0.728. The van der Waals surface area contributed by atoms with Gasteiger partial charge in [-0.1, -0.05) is 12.1 Å². The van der Waals surface area contributed by atoms with Crippen LogP contribution in [0.2, 0.25) is 0 Å². The molecule has 0 saturated heterocycles. The largest absolute Gasteiger partial charge is 0.385 e. The van der Waals surface area contributed by atoms with Crippen LogP contribution in [0.4, 0.5) is 21.9 Å². The number of hydrogen-bond acceptors (Lipinski definition) is 4. The number of carbonyl (C=O) groups is 2. The van der Waals surface area contributed by atoms with Gasteiger partial charge in [0.15, 0.2) is 0 Å². The molecule has 2 rings (SSSR count). The van der Waals surface area contributed by atoms with Crippen LogP contribution in [0.25, 0.3) is 0 Å². The van der Waals surface area contributed by atoms with Crippen molar-refractivity contribution in [3.8, 4) is 0 Å². The fraction of sp³-hybridized carbons (Fsp3) is 0.300. The van der Waals surface area contributed by atoms with Gasteiger partial charge in [-0.05, 0) is 52.7 Å². The lowest BCUT2D eigenvalue weighted by atomic mass is 10.1. The minimum atomic E-state index is -0.393. The zero-order valence-electron chi connectivity index (χ0n) is 16.2. The van der Waals surface area contributed by atoms with Crippen molar-refractivity contribution in [3.05, 3.63) is 52.5 Å². The highest BCUT2D eigenvalue weighted by Crippen LogP contribution is 2.24. The Kier molecular flexibility index (Phi) is 8.28. The third-order valence-electron chi connectivity index (χ3n) is 3.91. The van der Waals surface area contributed by atoms with Crippen LogP contribution in [0.15, 0.2) is 46.9 Å². The molecule has 0 bridgehead atoms. The molecule has 28 heavy (non-hydrogen) atoms. The summed E-state index contributed by atoms with van der Waals surface area (Å²) in [6, 6.07) is 12.2. The molecule has 0 heterocycles. The van der Waals surface area contributed by atoms with Crippen LogP contribution in [0.1, 0.15) is 16.8 Å². The van der Waals surface area contributed by atoms with Crippen molar-refractivity contribution in [1.29, 1.82) is 0 Å². The van der Waals surface area contributed by atoms with Crippen LogP contribution in [0.5, 0.6) is 0 Å². The van der Waals surface area contributed by atoms with Crippen LogP contribution in [-0.2, 0) is 4.74 Å². The Bertz CT molecular complexity index is 827. The van der Waals surface area contributed by atoms with E-state index in [1.165, 1.54) is 0 Å². The zero-order chi connectivity index (χ0) is 20.5. The Hall–Kier alpha value is -2.58. The number of amides is 3. The van der Waals surface area contributed by atoms with E-state index >= 15 is 0 Å². The average molecular weight is 449 g/mol. The van der Waals surface area contributed by atoms with Crippen molar-refractivity contribution >= 4 is 44.9 Å². The second kappa shape index (κ2) is 10.7. The first-order chi connectivity index (χ1) is 13.4. The summed E-state index contributed by atoms with van der Waals surface area (Å²) in [6.45, 7) is 1.09. The van der Waals surface area contributed by atoms with Crippen molar-refractivity contribution in [3.63, 3.8) is 0 Å². The van der Waals surface area contributed by atoms with Crippen molar-refractivity contribution < 1.29 is 14.3 Å². The van der Waals surface area contributed by atoms with Gasteiger partial charge in [-0.25, -0.2) is 4.79 Å². The standard InChI is InChI=1S/C20H25BrN4O3/c1-25(2)18-10-9-14(13-15(18)19(26)22-11-6-12-28-3)23-20(27)24-17-8-5-4-7-16(17)21/h4-5,7-10,13H,6,11-12H2,1-3H3,(H,22,26)(H2,23,24,27). The molecule has 0 aliphatic carbocycles. The molecule has 0 fully saturated rings. The number of carbonyl (C=O) groups excluding carboxylic acids is 2. The van der Waals surface area contributed by atoms with Crippen molar-refractivity contribution in [2.45, 2.75) is 6.42 Å². The molecule has 2 aromatic rings.